The molecule has 0 aliphatic heterocycles. The van der Waals surface area contributed by atoms with Crippen molar-refractivity contribution in [3.05, 3.63) is 46.2 Å². The quantitative estimate of drug-likeness (QED) is 0.854. The molecule has 0 fully saturated rings. The van der Waals surface area contributed by atoms with Crippen molar-refractivity contribution in [1.29, 1.82) is 0 Å². The molecule has 4 nitrogen and oxygen atoms in total. The molecule has 7 heteroatoms. The minimum atomic E-state index is 0.487. The molecule has 1 aromatic heterocycles. The van der Waals surface area contributed by atoms with Crippen LogP contribution in [0.2, 0.25) is 10.0 Å². The smallest absolute Gasteiger partial charge is 0.171 e. The molecule has 0 bridgehead atoms. The molecule has 19 heavy (non-hydrogen) atoms. The fraction of sp³-hybridized carbons (Fsp3) is 0.167. The molecular formula is C12H12Cl2N4S. The summed E-state index contributed by atoms with van der Waals surface area (Å²) in [5.74, 6) is 0. The lowest BCUT2D eigenvalue weighted by molar-refractivity contribution is 0.695. The second kappa shape index (κ2) is 6.23. The van der Waals surface area contributed by atoms with Crippen molar-refractivity contribution in [1.82, 2.24) is 15.1 Å². The van der Waals surface area contributed by atoms with Gasteiger partial charge < -0.3 is 10.6 Å². The van der Waals surface area contributed by atoms with E-state index in [1.54, 1.807) is 23.0 Å². The molecule has 0 saturated carbocycles. The number of hydrogen-bond acceptors (Lipinski definition) is 2. The summed E-state index contributed by atoms with van der Waals surface area (Å²) in [6, 6.07) is 7.18. The van der Waals surface area contributed by atoms with E-state index in [0.717, 1.165) is 11.4 Å². The van der Waals surface area contributed by atoms with Crippen LogP contribution in [0, 0.1) is 0 Å². The third-order valence-electron chi connectivity index (χ3n) is 2.53. The summed E-state index contributed by atoms with van der Waals surface area (Å²) in [7, 11) is 1.88. The highest BCUT2D eigenvalue weighted by Crippen LogP contribution is 2.24. The minimum absolute atomic E-state index is 0.487. The van der Waals surface area contributed by atoms with Gasteiger partial charge in [-0.15, -0.1) is 0 Å². The van der Waals surface area contributed by atoms with E-state index in [4.69, 9.17) is 35.4 Å². The van der Waals surface area contributed by atoms with Crippen LogP contribution in [-0.4, -0.2) is 14.9 Å². The molecule has 0 atom stereocenters. The number of nitrogens with one attached hydrogen (secondary N) is 2. The third kappa shape index (κ3) is 3.83. The van der Waals surface area contributed by atoms with Gasteiger partial charge in [-0.25, -0.2) is 0 Å². The number of hydrogen-bond donors (Lipinski definition) is 2. The van der Waals surface area contributed by atoms with Gasteiger partial charge in [0.25, 0.3) is 0 Å². The van der Waals surface area contributed by atoms with Crippen LogP contribution in [0.3, 0.4) is 0 Å². The maximum atomic E-state index is 5.93. The normalized spacial score (nSPS) is 10.3. The van der Waals surface area contributed by atoms with Gasteiger partial charge in [0, 0.05) is 18.9 Å². The lowest BCUT2D eigenvalue weighted by Gasteiger charge is -2.11. The van der Waals surface area contributed by atoms with E-state index < -0.39 is 0 Å². The van der Waals surface area contributed by atoms with E-state index in [1.807, 2.05) is 19.2 Å². The number of thiocarbonyl (C=S) groups is 1. The Hall–Kier alpha value is -1.30. The molecule has 0 saturated heterocycles. The van der Waals surface area contributed by atoms with Gasteiger partial charge >= 0.3 is 0 Å². The Balaban J connectivity index is 1.91. The Morgan fingerprint density at radius 1 is 1.32 bits per heavy atom. The molecule has 1 heterocycles. The van der Waals surface area contributed by atoms with E-state index in [1.165, 1.54) is 0 Å². The molecule has 0 unspecified atom stereocenters. The maximum absolute atomic E-state index is 5.93. The zero-order chi connectivity index (χ0) is 13.8. The number of aromatic nitrogens is 2. The van der Waals surface area contributed by atoms with Gasteiger partial charge in [0.2, 0.25) is 0 Å². The van der Waals surface area contributed by atoms with Crippen LogP contribution in [-0.2, 0) is 13.6 Å². The van der Waals surface area contributed by atoms with Crippen molar-refractivity contribution in [3.8, 4) is 0 Å². The van der Waals surface area contributed by atoms with Crippen LogP contribution in [0.1, 0.15) is 5.69 Å². The molecule has 100 valence electrons. The van der Waals surface area contributed by atoms with Gasteiger partial charge in [-0.1, -0.05) is 23.2 Å². The van der Waals surface area contributed by atoms with Crippen LogP contribution >= 0.6 is 35.4 Å². The van der Waals surface area contributed by atoms with Crippen molar-refractivity contribution >= 4 is 46.2 Å². The van der Waals surface area contributed by atoms with Crippen LogP contribution in [0.25, 0.3) is 0 Å². The molecule has 2 rings (SSSR count). The predicted molar refractivity (Wildman–Crippen MR) is 82.7 cm³/mol. The van der Waals surface area contributed by atoms with Crippen LogP contribution in [0.4, 0.5) is 5.69 Å². The molecular weight excluding hydrogens is 303 g/mol. The van der Waals surface area contributed by atoms with Gasteiger partial charge in [-0.2, -0.15) is 5.10 Å². The summed E-state index contributed by atoms with van der Waals surface area (Å²) >= 11 is 17.0. The van der Waals surface area contributed by atoms with Gasteiger partial charge in [0.15, 0.2) is 5.11 Å². The van der Waals surface area contributed by atoms with Crippen LogP contribution < -0.4 is 10.6 Å². The molecule has 1 aromatic carbocycles. The number of aryl methyl sites for hydroxylation is 1. The largest absolute Gasteiger partial charge is 0.357 e. The molecule has 2 aromatic rings. The molecule has 0 aliphatic carbocycles. The first-order valence-electron chi connectivity index (χ1n) is 5.53. The molecule has 0 spiro atoms. The lowest BCUT2D eigenvalue weighted by Crippen LogP contribution is -2.28. The summed E-state index contributed by atoms with van der Waals surface area (Å²) in [6.45, 7) is 0.601. The Morgan fingerprint density at radius 2 is 2.11 bits per heavy atom. The topological polar surface area (TPSA) is 41.9 Å². The first kappa shape index (κ1) is 14.1. The third-order valence-corrected chi connectivity index (χ3v) is 3.52. The van der Waals surface area contributed by atoms with Gasteiger partial charge in [-0.05, 0) is 36.5 Å². The first-order chi connectivity index (χ1) is 9.06. The summed E-state index contributed by atoms with van der Waals surface area (Å²) in [6.07, 6.45) is 1.74. The van der Waals surface area contributed by atoms with Gasteiger partial charge in [-0.3, -0.25) is 4.68 Å². The summed E-state index contributed by atoms with van der Waals surface area (Å²) in [5, 5.41) is 11.7. The Labute approximate surface area is 126 Å². The lowest BCUT2D eigenvalue weighted by atomic mass is 10.3. The highest BCUT2D eigenvalue weighted by molar-refractivity contribution is 7.80. The minimum Gasteiger partial charge on any atom is -0.357 e. The predicted octanol–water partition coefficient (Wildman–Crippen LogP) is 3.21. The van der Waals surface area contributed by atoms with Crippen LogP contribution in [0.5, 0.6) is 0 Å². The molecule has 0 amide bonds. The Bertz CT molecular complexity index is 597. The average Bonchev–Trinajstić information content (AvgIpc) is 2.77. The van der Waals surface area contributed by atoms with Crippen molar-refractivity contribution in [2.45, 2.75) is 6.54 Å². The van der Waals surface area contributed by atoms with Crippen molar-refractivity contribution < 1.29 is 0 Å². The van der Waals surface area contributed by atoms with Crippen molar-refractivity contribution in [2.24, 2.45) is 7.05 Å². The molecule has 2 N–H and O–H groups in total. The standard InChI is InChI=1S/C12H12Cl2N4S/c1-18-9(4-5-16-18)7-15-12(19)17-8-2-3-10(13)11(14)6-8/h2-6H,7H2,1H3,(H2,15,17,19). The number of rotatable bonds is 3. The zero-order valence-electron chi connectivity index (χ0n) is 10.2. The monoisotopic (exact) mass is 314 g/mol. The number of halogens is 2. The second-order valence-electron chi connectivity index (χ2n) is 3.88. The van der Waals surface area contributed by atoms with Crippen LogP contribution in [0.15, 0.2) is 30.5 Å². The summed E-state index contributed by atoms with van der Waals surface area (Å²) < 4.78 is 1.79. The Kier molecular flexibility index (Phi) is 4.63. The van der Waals surface area contributed by atoms with E-state index in [9.17, 15) is 0 Å². The highest BCUT2D eigenvalue weighted by atomic mass is 35.5. The summed E-state index contributed by atoms with van der Waals surface area (Å²) in [4.78, 5) is 0. The van der Waals surface area contributed by atoms with E-state index in [2.05, 4.69) is 15.7 Å². The maximum Gasteiger partial charge on any atom is 0.171 e. The molecule has 0 aliphatic rings. The summed E-state index contributed by atoms with van der Waals surface area (Å²) in [5.41, 5.74) is 1.83. The van der Waals surface area contributed by atoms with Gasteiger partial charge in [0.05, 0.1) is 22.3 Å². The fourth-order valence-electron chi connectivity index (χ4n) is 1.49. The number of anilines is 1. The first-order valence-corrected chi connectivity index (χ1v) is 6.69. The SMILES string of the molecule is Cn1nccc1CNC(=S)Nc1ccc(Cl)c(Cl)c1. The van der Waals surface area contributed by atoms with E-state index in [0.29, 0.717) is 21.7 Å². The Morgan fingerprint density at radius 3 is 2.74 bits per heavy atom. The zero-order valence-corrected chi connectivity index (χ0v) is 12.5. The highest BCUT2D eigenvalue weighted by Gasteiger charge is 2.03. The number of benzene rings is 1. The van der Waals surface area contributed by atoms with Crippen molar-refractivity contribution in [2.75, 3.05) is 5.32 Å². The molecule has 0 radical (unpaired) electrons. The average molecular weight is 315 g/mol. The number of nitrogens with zero attached hydrogens (tertiary/aromatic N) is 2. The van der Waals surface area contributed by atoms with Gasteiger partial charge in [0.1, 0.15) is 0 Å². The van der Waals surface area contributed by atoms with Crippen molar-refractivity contribution in [3.63, 3.8) is 0 Å². The van der Waals surface area contributed by atoms with E-state index >= 15 is 0 Å². The fourth-order valence-corrected chi connectivity index (χ4v) is 1.98. The van der Waals surface area contributed by atoms with E-state index in [-0.39, 0.29) is 0 Å². The second-order valence-corrected chi connectivity index (χ2v) is 5.11.